The third-order valence-electron chi connectivity index (χ3n) is 5.75. The Morgan fingerprint density at radius 1 is 1.00 bits per heavy atom. The van der Waals surface area contributed by atoms with Gasteiger partial charge >= 0.3 is 0 Å². The van der Waals surface area contributed by atoms with Crippen molar-refractivity contribution in [2.75, 3.05) is 13.1 Å². The number of aryl methyl sites for hydroxylation is 2. The van der Waals surface area contributed by atoms with E-state index in [2.05, 4.69) is 18.2 Å². The van der Waals surface area contributed by atoms with Crippen LogP contribution in [0.25, 0.3) is 0 Å². The Kier molecular flexibility index (Phi) is 5.60. The SMILES string of the molecule is O=C(Cc1ccc2c(c1)CCCC2)N1CCC(Oc2ccc(F)cc2F)CC1. The Morgan fingerprint density at radius 2 is 1.75 bits per heavy atom. The summed E-state index contributed by atoms with van der Waals surface area (Å²) in [5.74, 6) is -1.11. The number of piperidine rings is 1. The third kappa shape index (κ3) is 4.34. The fraction of sp³-hybridized carbons (Fsp3) is 0.435. The van der Waals surface area contributed by atoms with Gasteiger partial charge in [-0.2, -0.15) is 0 Å². The van der Waals surface area contributed by atoms with Crippen molar-refractivity contribution >= 4 is 5.91 Å². The molecule has 5 heteroatoms. The van der Waals surface area contributed by atoms with E-state index in [1.54, 1.807) is 0 Å². The van der Waals surface area contributed by atoms with Gasteiger partial charge in [0.15, 0.2) is 11.6 Å². The van der Waals surface area contributed by atoms with Crippen molar-refractivity contribution in [1.82, 2.24) is 4.90 Å². The lowest BCUT2D eigenvalue weighted by atomic mass is 9.90. The molecular formula is C23H25F2NO2. The smallest absolute Gasteiger partial charge is 0.226 e. The molecule has 1 aliphatic heterocycles. The summed E-state index contributed by atoms with van der Waals surface area (Å²) < 4.78 is 32.4. The third-order valence-corrected chi connectivity index (χ3v) is 5.75. The molecule has 4 rings (SSSR count). The molecule has 0 saturated carbocycles. The van der Waals surface area contributed by atoms with Gasteiger partial charge in [-0.3, -0.25) is 4.79 Å². The van der Waals surface area contributed by atoms with Gasteiger partial charge in [0, 0.05) is 32.0 Å². The van der Waals surface area contributed by atoms with Crippen molar-refractivity contribution in [3.8, 4) is 5.75 Å². The van der Waals surface area contributed by atoms with Crippen molar-refractivity contribution in [1.29, 1.82) is 0 Å². The molecule has 0 spiro atoms. The van der Waals surface area contributed by atoms with Gasteiger partial charge in [0.1, 0.15) is 11.9 Å². The number of nitrogens with zero attached hydrogens (tertiary/aromatic N) is 1. The van der Waals surface area contributed by atoms with E-state index in [9.17, 15) is 13.6 Å². The molecule has 0 aromatic heterocycles. The van der Waals surface area contributed by atoms with Crippen molar-refractivity contribution in [3.63, 3.8) is 0 Å². The molecule has 0 radical (unpaired) electrons. The molecule has 3 nitrogen and oxygen atoms in total. The van der Waals surface area contributed by atoms with Gasteiger partial charge in [-0.05, 0) is 54.5 Å². The van der Waals surface area contributed by atoms with Crippen molar-refractivity contribution in [3.05, 3.63) is 64.7 Å². The van der Waals surface area contributed by atoms with Gasteiger partial charge in [0.2, 0.25) is 5.91 Å². The largest absolute Gasteiger partial charge is 0.487 e. The van der Waals surface area contributed by atoms with Crippen molar-refractivity contribution in [2.24, 2.45) is 0 Å². The van der Waals surface area contributed by atoms with Crippen LogP contribution in [0.2, 0.25) is 0 Å². The Balaban J connectivity index is 1.30. The minimum absolute atomic E-state index is 0.0697. The highest BCUT2D eigenvalue weighted by Crippen LogP contribution is 2.25. The number of ether oxygens (including phenoxy) is 1. The van der Waals surface area contributed by atoms with Gasteiger partial charge in [-0.25, -0.2) is 8.78 Å². The van der Waals surface area contributed by atoms with E-state index in [1.165, 1.54) is 36.1 Å². The van der Waals surface area contributed by atoms with E-state index in [4.69, 9.17) is 4.74 Å². The maximum atomic E-state index is 13.7. The first kappa shape index (κ1) is 18.9. The summed E-state index contributed by atoms with van der Waals surface area (Å²) in [5.41, 5.74) is 3.90. The zero-order chi connectivity index (χ0) is 19.5. The molecule has 0 atom stereocenters. The molecule has 148 valence electrons. The van der Waals surface area contributed by atoms with E-state index in [-0.39, 0.29) is 17.8 Å². The topological polar surface area (TPSA) is 29.5 Å². The first-order chi connectivity index (χ1) is 13.6. The molecule has 1 fully saturated rings. The maximum absolute atomic E-state index is 13.7. The predicted molar refractivity (Wildman–Crippen MR) is 103 cm³/mol. The average Bonchev–Trinajstić information content (AvgIpc) is 2.70. The Morgan fingerprint density at radius 3 is 2.50 bits per heavy atom. The fourth-order valence-electron chi connectivity index (χ4n) is 4.16. The molecule has 2 aliphatic rings. The number of rotatable bonds is 4. The van der Waals surface area contributed by atoms with E-state index in [0.29, 0.717) is 32.4 Å². The van der Waals surface area contributed by atoms with Crippen LogP contribution in [0, 0.1) is 11.6 Å². The number of carbonyl (C=O) groups excluding carboxylic acids is 1. The molecule has 1 amide bonds. The second-order valence-electron chi connectivity index (χ2n) is 7.76. The molecule has 0 bridgehead atoms. The lowest BCUT2D eigenvalue weighted by Crippen LogP contribution is -2.42. The van der Waals surface area contributed by atoms with E-state index in [1.807, 2.05) is 4.90 Å². The highest BCUT2D eigenvalue weighted by molar-refractivity contribution is 5.79. The zero-order valence-corrected chi connectivity index (χ0v) is 15.9. The van der Waals surface area contributed by atoms with Crippen LogP contribution in [0.4, 0.5) is 8.78 Å². The molecule has 0 unspecified atom stereocenters. The van der Waals surface area contributed by atoms with Crippen molar-refractivity contribution in [2.45, 2.75) is 51.0 Å². The highest BCUT2D eigenvalue weighted by atomic mass is 19.1. The molecule has 2 aromatic rings. The molecule has 0 N–H and O–H groups in total. The summed E-state index contributed by atoms with van der Waals surface area (Å²) in [6, 6.07) is 9.78. The average molecular weight is 385 g/mol. The van der Waals surface area contributed by atoms with Crippen LogP contribution in [-0.2, 0) is 24.1 Å². The van der Waals surface area contributed by atoms with Gasteiger partial charge in [0.25, 0.3) is 0 Å². The number of halogens is 2. The van der Waals surface area contributed by atoms with E-state index >= 15 is 0 Å². The first-order valence-corrected chi connectivity index (χ1v) is 10.1. The number of fused-ring (bicyclic) bond motifs is 1. The normalized spacial score (nSPS) is 17.3. The summed E-state index contributed by atoms with van der Waals surface area (Å²) >= 11 is 0. The van der Waals surface area contributed by atoms with Crippen LogP contribution < -0.4 is 4.74 Å². The summed E-state index contributed by atoms with van der Waals surface area (Å²) in [5, 5.41) is 0. The minimum atomic E-state index is -0.689. The number of likely N-dealkylation sites (tertiary alicyclic amines) is 1. The van der Waals surface area contributed by atoms with Crippen LogP contribution in [0.5, 0.6) is 5.75 Å². The van der Waals surface area contributed by atoms with Gasteiger partial charge in [-0.1, -0.05) is 18.2 Å². The highest BCUT2D eigenvalue weighted by Gasteiger charge is 2.25. The molecule has 28 heavy (non-hydrogen) atoms. The lowest BCUT2D eigenvalue weighted by Gasteiger charge is -2.32. The fourth-order valence-corrected chi connectivity index (χ4v) is 4.16. The van der Waals surface area contributed by atoms with Crippen LogP contribution in [-0.4, -0.2) is 30.0 Å². The van der Waals surface area contributed by atoms with Crippen LogP contribution in [0.1, 0.15) is 42.4 Å². The standard InChI is InChI=1S/C23H25F2NO2/c24-19-7-8-22(21(25)15-19)28-20-9-11-26(12-10-20)23(27)14-16-5-6-17-3-1-2-4-18(17)13-16/h5-8,13,15,20H,1-4,9-12,14H2. The number of carbonyl (C=O) groups is 1. The van der Waals surface area contributed by atoms with Gasteiger partial charge < -0.3 is 9.64 Å². The molecule has 1 saturated heterocycles. The molecule has 1 aliphatic carbocycles. The van der Waals surface area contributed by atoms with E-state index < -0.39 is 11.6 Å². The number of amides is 1. The van der Waals surface area contributed by atoms with Crippen molar-refractivity contribution < 1.29 is 18.3 Å². The van der Waals surface area contributed by atoms with Crippen LogP contribution >= 0.6 is 0 Å². The van der Waals surface area contributed by atoms with Crippen LogP contribution in [0.3, 0.4) is 0 Å². The quantitative estimate of drug-likeness (QED) is 0.778. The summed E-state index contributed by atoms with van der Waals surface area (Å²) in [4.78, 5) is 14.5. The zero-order valence-electron chi connectivity index (χ0n) is 15.9. The Bertz CT molecular complexity index is 860. The number of hydrogen-bond donors (Lipinski definition) is 0. The lowest BCUT2D eigenvalue weighted by molar-refractivity contribution is -0.132. The monoisotopic (exact) mass is 385 g/mol. The first-order valence-electron chi connectivity index (χ1n) is 10.1. The molecular weight excluding hydrogens is 360 g/mol. The summed E-state index contributed by atoms with van der Waals surface area (Å²) in [7, 11) is 0. The second kappa shape index (κ2) is 8.29. The summed E-state index contributed by atoms with van der Waals surface area (Å²) in [6.07, 6.45) is 6.29. The molecule has 1 heterocycles. The molecule has 2 aromatic carbocycles. The maximum Gasteiger partial charge on any atom is 0.226 e. The number of benzene rings is 2. The Hall–Kier alpha value is -2.43. The Labute approximate surface area is 164 Å². The van der Waals surface area contributed by atoms with Gasteiger partial charge in [0.05, 0.1) is 6.42 Å². The minimum Gasteiger partial charge on any atom is -0.487 e. The second-order valence-corrected chi connectivity index (χ2v) is 7.76. The summed E-state index contributed by atoms with van der Waals surface area (Å²) in [6.45, 7) is 1.19. The number of hydrogen-bond acceptors (Lipinski definition) is 2. The predicted octanol–water partition coefficient (Wildman–Crippen LogP) is 4.46. The van der Waals surface area contributed by atoms with Crippen LogP contribution in [0.15, 0.2) is 36.4 Å². The van der Waals surface area contributed by atoms with Gasteiger partial charge in [-0.15, -0.1) is 0 Å². The van der Waals surface area contributed by atoms with E-state index in [0.717, 1.165) is 24.5 Å².